The maximum atomic E-state index is 10.3. The van der Waals surface area contributed by atoms with Gasteiger partial charge >= 0.3 is 5.97 Å². The highest BCUT2D eigenvalue weighted by Crippen LogP contribution is 2.08. The number of hydrogen-bond donors (Lipinski definition) is 2. The Hall–Kier alpha value is -2.25. The van der Waals surface area contributed by atoms with Crippen LogP contribution in [-0.2, 0) is 11.2 Å². The third-order valence-electron chi connectivity index (χ3n) is 1.40. The monoisotopic (exact) mass is 195 g/mol. The summed E-state index contributed by atoms with van der Waals surface area (Å²) in [4.78, 5) is 17.9. The molecule has 0 amide bonds. The lowest BCUT2D eigenvalue weighted by Crippen LogP contribution is -1.99. The minimum Gasteiger partial charge on any atom is -0.481 e. The Kier molecular flexibility index (Phi) is 1.94. The number of carboxylic acid groups (broad SMARTS) is 1. The third kappa shape index (κ3) is 1.58. The summed E-state index contributed by atoms with van der Waals surface area (Å²) in [5, 5.41) is 18.1. The van der Waals surface area contributed by atoms with Crippen LogP contribution in [-0.4, -0.2) is 36.4 Å². The zero-order valence-corrected chi connectivity index (χ0v) is 6.84. The number of aromatic amines is 1. The molecular formula is C6H5N5O3. The minimum atomic E-state index is -1.03. The smallest absolute Gasteiger partial charge is 0.312 e. The summed E-state index contributed by atoms with van der Waals surface area (Å²) in [6, 6.07) is 0. The molecule has 2 heterocycles. The van der Waals surface area contributed by atoms with Crippen molar-refractivity contribution in [3.05, 3.63) is 12.2 Å². The van der Waals surface area contributed by atoms with Gasteiger partial charge in [-0.1, -0.05) is 5.16 Å². The van der Waals surface area contributed by atoms with E-state index in [1.54, 1.807) is 0 Å². The molecule has 0 unspecified atom stereocenters. The number of hydrogen-bond acceptors (Lipinski definition) is 6. The lowest BCUT2D eigenvalue weighted by Gasteiger charge is -1.83. The van der Waals surface area contributed by atoms with Crippen molar-refractivity contribution >= 4 is 5.97 Å². The number of aromatic nitrogens is 5. The SMILES string of the molecule is O=C(O)Cc1nc(-c2ncn[nH]2)no1. The van der Waals surface area contributed by atoms with Gasteiger partial charge in [-0.3, -0.25) is 9.89 Å². The summed E-state index contributed by atoms with van der Waals surface area (Å²) in [5.41, 5.74) is 0. The summed E-state index contributed by atoms with van der Waals surface area (Å²) in [5.74, 6) is -0.467. The molecule has 0 saturated heterocycles. The van der Waals surface area contributed by atoms with Crippen molar-refractivity contribution in [1.82, 2.24) is 25.3 Å². The average Bonchev–Trinajstić information content (AvgIpc) is 2.69. The zero-order valence-electron chi connectivity index (χ0n) is 6.84. The van der Waals surface area contributed by atoms with Crippen molar-refractivity contribution in [2.75, 3.05) is 0 Å². The fourth-order valence-electron chi connectivity index (χ4n) is 0.865. The van der Waals surface area contributed by atoms with Gasteiger partial charge in [0, 0.05) is 0 Å². The van der Waals surface area contributed by atoms with Crippen LogP contribution in [0.25, 0.3) is 11.6 Å². The average molecular weight is 195 g/mol. The number of carbonyl (C=O) groups is 1. The number of carboxylic acids is 1. The van der Waals surface area contributed by atoms with Crippen LogP contribution < -0.4 is 0 Å². The Bertz CT molecular complexity index is 434. The van der Waals surface area contributed by atoms with Crippen molar-refractivity contribution in [2.24, 2.45) is 0 Å². The van der Waals surface area contributed by atoms with E-state index >= 15 is 0 Å². The summed E-state index contributed by atoms with van der Waals surface area (Å²) in [6.45, 7) is 0. The minimum absolute atomic E-state index is 0.0314. The summed E-state index contributed by atoms with van der Waals surface area (Å²) >= 11 is 0. The Morgan fingerprint density at radius 2 is 2.50 bits per heavy atom. The Balaban J connectivity index is 2.22. The lowest BCUT2D eigenvalue weighted by molar-refractivity contribution is -0.136. The van der Waals surface area contributed by atoms with Gasteiger partial charge in [-0.2, -0.15) is 10.1 Å². The molecule has 0 fully saturated rings. The number of H-pyrrole nitrogens is 1. The first-order chi connectivity index (χ1) is 6.75. The van der Waals surface area contributed by atoms with Gasteiger partial charge in [-0.25, -0.2) is 4.98 Å². The molecule has 0 aliphatic carbocycles. The molecule has 0 spiro atoms. The van der Waals surface area contributed by atoms with Crippen LogP contribution in [0.2, 0.25) is 0 Å². The first kappa shape index (κ1) is 8.35. The second-order valence-electron chi connectivity index (χ2n) is 2.42. The normalized spacial score (nSPS) is 10.3. The van der Waals surface area contributed by atoms with Crippen molar-refractivity contribution in [3.63, 3.8) is 0 Å². The highest BCUT2D eigenvalue weighted by Gasteiger charge is 2.12. The predicted molar refractivity (Wildman–Crippen MR) is 41.0 cm³/mol. The van der Waals surface area contributed by atoms with Crippen molar-refractivity contribution in [1.29, 1.82) is 0 Å². The maximum Gasteiger partial charge on any atom is 0.312 e. The molecule has 0 bridgehead atoms. The summed E-state index contributed by atoms with van der Waals surface area (Å²) < 4.78 is 4.67. The van der Waals surface area contributed by atoms with E-state index in [9.17, 15) is 4.79 Å². The molecule has 0 atom stereocenters. The Morgan fingerprint density at radius 1 is 1.64 bits per heavy atom. The predicted octanol–water partition coefficient (Wildman–Crippen LogP) is -0.518. The van der Waals surface area contributed by atoms with E-state index in [0.717, 1.165) is 0 Å². The Morgan fingerprint density at radius 3 is 3.14 bits per heavy atom. The number of aliphatic carboxylic acids is 1. The molecular weight excluding hydrogens is 190 g/mol. The highest BCUT2D eigenvalue weighted by atomic mass is 16.5. The van der Waals surface area contributed by atoms with Crippen molar-refractivity contribution < 1.29 is 14.4 Å². The molecule has 0 aromatic carbocycles. The topological polar surface area (TPSA) is 118 Å². The van der Waals surface area contributed by atoms with Gasteiger partial charge in [-0.15, -0.1) is 0 Å². The van der Waals surface area contributed by atoms with E-state index in [2.05, 4.69) is 29.8 Å². The standard InChI is InChI=1S/C6H5N5O3/c12-4(13)1-3-9-6(11-14-3)5-7-2-8-10-5/h2H,1H2,(H,12,13)(H,7,8,10). The van der Waals surface area contributed by atoms with E-state index in [0.29, 0.717) is 5.82 Å². The van der Waals surface area contributed by atoms with Gasteiger partial charge in [0.2, 0.25) is 11.7 Å². The highest BCUT2D eigenvalue weighted by molar-refractivity contribution is 5.68. The Labute approximate surface area is 77.0 Å². The van der Waals surface area contributed by atoms with Gasteiger partial charge in [0.25, 0.3) is 0 Å². The van der Waals surface area contributed by atoms with Gasteiger partial charge in [0.15, 0.2) is 5.82 Å². The van der Waals surface area contributed by atoms with Gasteiger partial charge < -0.3 is 9.63 Å². The number of nitrogens with one attached hydrogen (secondary N) is 1. The molecule has 0 radical (unpaired) electrons. The van der Waals surface area contributed by atoms with Gasteiger partial charge in [0.05, 0.1) is 0 Å². The molecule has 14 heavy (non-hydrogen) atoms. The number of rotatable bonds is 3. The first-order valence-electron chi connectivity index (χ1n) is 3.66. The second-order valence-corrected chi connectivity index (χ2v) is 2.42. The van der Waals surface area contributed by atoms with Crippen LogP contribution in [0, 0.1) is 0 Å². The quantitative estimate of drug-likeness (QED) is 0.676. The number of nitrogens with zero attached hydrogens (tertiary/aromatic N) is 4. The fraction of sp³-hybridized carbons (Fsp3) is 0.167. The molecule has 2 aromatic rings. The van der Waals surface area contributed by atoms with Crippen LogP contribution in [0.5, 0.6) is 0 Å². The molecule has 2 N–H and O–H groups in total. The van der Waals surface area contributed by atoms with E-state index in [-0.39, 0.29) is 18.1 Å². The molecule has 0 aliphatic rings. The maximum absolute atomic E-state index is 10.3. The van der Waals surface area contributed by atoms with Crippen LogP contribution in [0.1, 0.15) is 5.89 Å². The first-order valence-corrected chi connectivity index (χ1v) is 3.66. The summed E-state index contributed by atoms with van der Waals surface area (Å²) in [7, 11) is 0. The van der Waals surface area contributed by atoms with Crippen molar-refractivity contribution in [2.45, 2.75) is 6.42 Å². The van der Waals surface area contributed by atoms with E-state index in [4.69, 9.17) is 5.11 Å². The summed E-state index contributed by atoms with van der Waals surface area (Å²) in [6.07, 6.45) is 0.990. The van der Waals surface area contributed by atoms with E-state index in [1.165, 1.54) is 6.33 Å². The van der Waals surface area contributed by atoms with E-state index in [1.807, 2.05) is 0 Å². The molecule has 0 aliphatic heterocycles. The molecule has 72 valence electrons. The van der Waals surface area contributed by atoms with Gasteiger partial charge in [0.1, 0.15) is 12.7 Å². The molecule has 2 rings (SSSR count). The van der Waals surface area contributed by atoms with Crippen LogP contribution in [0.4, 0.5) is 0 Å². The third-order valence-corrected chi connectivity index (χ3v) is 1.40. The van der Waals surface area contributed by atoms with Crippen molar-refractivity contribution in [3.8, 4) is 11.6 Å². The molecule has 2 aromatic heterocycles. The second kappa shape index (κ2) is 3.24. The molecule has 0 saturated carbocycles. The largest absolute Gasteiger partial charge is 0.481 e. The van der Waals surface area contributed by atoms with E-state index < -0.39 is 5.97 Å². The molecule has 8 nitrogen and oxygen atoms in total. The van der Waals surface area contributed by atoms with Crippen LogP contribution in [0.3, 0.4) is 0 Å². The zero-order chi connectivity index (χ0) is 9.97. The van der Waals surface area contributed by atoms with Crippen LogP contribution >= 0.6 is 0 Å². The van der Waals surface area contributed by atoms with Crippen LogP contribution in [0.15, 0.2) is 10.9 Å². The lowest BCUT2D eigenvalue weighted by atomic mass is 10.4. The fourth-order valence-corrected chi connectivity index (χ4v) is 0.865. The van der Waals surface area contributed by atoms with Gasteiger partial charge in [-0.05, 0) is 0 Å². The molecule has 8 heteroatoms.